The Morgan fingerprint density at radius 2 is 1.72 bits per heavy atom. The van der Waals surface area contributed by atoms with Crippen LogP contribution >= 0.6 is 0 Å². The van der Waals surface area contributed by atoms with Crippen LogP contribution in [0.2, 0.25) is 0 Å². The van der Waals surface area contributed by atoms with Gasteiger partial charge in [0.1, 0.15) is 5.70 Å². The summed E-state index contributed by atoms with van der Waals surface area (Å²) in [4.78, 5) is 0. The van der Waals surface area contributed by atoms with Crippen LogP contribution in [0.25, 0.3) is 16.3 Å². The van der Waals surface area contributed by atoms with E-state index in [-0.39, 0.29) is 0 Å². The van der Waals surface area contributed by atoms with Gasteiger partial charge in [0.05, 0.1) is 14.1 Å². The van der Waals surface area contributed by atoms with Crippen LogP contribution in [0.5, 0.6) is 0 Å². The monoisotopic (exact) mass is 238 g/mol. The summed E-state index contributed by atoms with van der Waals surface area (Å²) in [5, 5.41) is 2.73. The third-order valence-electron chi connectivity index (χ3n) is 4.41. The first-order chi connectivity index (χ1) is 8.57. The van der Waals surface area contributed by atoms with Gasteiger partial charge in [-0.1, -0.05) is 31.2 Å². The molecule has 0 N–H and O–H groups in total. The second-order valence-corrected chi connectivity index (χ2v) is 5.55. The molecule has 1 heteroatoms. The van der Waals surface area contributed by atoms with Crippen molar-refractivity contribution in [1.29, 1.82) is 0 Å². The molecule has 2 aromatic carbocycles. The van der Waals surface area contributed by atoms with Crippen LogP contribution in [0.3, 0.4) is 0 Å². The van der Waals surface area contributed by atoms with Crippen molar-refractivity contribution in [3.05, 3.63) is 47.7 Å². The molecule has 1 aliphatic rings. The van der Waals surface area contributed by atoms with Crippen molar-refractivity contribution in [2.75, 3.05) is 14.1 Å². The number of hydrogen-bond donors (Lipinski definition) is 0. The lowest BCUT2D eigenvalue weighted by Crippen LogP contribution is -2.36. The van der Waals surface area contributed by atoms with E-state index in [1.807, 2.05) is 0 Å². The van der Waals surface area contributed by atoms with Gasteiger partial charge in [0.25, 0.3) is 0 Å². The zero-order chi connectivity index (χ0) is 12.9. The molecule has 0 radical (unpaired) electrons. The van der Waals surface area contributed by atoms with Crippen molar-refractivity contribution < 1.29 is 0 Å². The van der Waals surface area contributed by atoms with Gasteiger partial charge in [-0.15, -0.1) is 0 Å². The van der Waals surface area contributed by atoms with Crippen molar-refractivity contribution in [2.24, 2.45) is 0 Å². The Kier molecular flexibility index (Phi) is 2.36. The van der Waals surface area contributed by atoms with E-state index in [4.69, 9.17) is 0 Å². The second kappa shape index (κ2) is 3.69. The fourth-order valence-electron chi connectivity index (χ4n) is 3.25. The highest BCUT2D eigenvalue weighted by molar-refractivity contribution is 6.02. The van der Waals surface area contributed by atoms with Crippen molar-refractivity contribution in [3.8, 4) is 0 Å². The van der Waals surface area contributed by atoms with Crippen LogP contribution in [0.4, 0.5) is 5.69 Å². The van der Waals surface area contributed by atoms with Gasteiger partial charge in [-0.2, -0.15) is 0 Å². The molecule has 1 heterocycles. The molecule has 2 aromatic rings. The molecule has 0 atom stereocenters. The molecular formula is C17H20N+. The van der Waals surface area contributed by atoms with Gasteiger partial charge in [-0.05, 0) is 23.9 Å². The molecule has 0 fully saturated rings. The van der Waals surface area contributed by atoms with Crippen molar-refractivity contribution in [2.45, 2.75) is 20.3 Å². The summed E-state index contributed by atoms with van der Waals surface area (Å²) in [6.07, 6.45) is 1.11. The molecule has 1 aliphatic heterocycles. The summed E-state index contributed by atoms with van der Waals surface area (Å²) in [7, 11) is 4.59. The van der Waals surface area contributed by atoms with Crippen LogP contribution in [-0.4, -0.2) is 14.1 Å². The summed E-state index contributed by atoms with van der Waals surface area (Å²) in [6.45, 7) is 4.52. The first-order valence-electron chi connectivity index (χ1n) is 6.64. The van der Waals surface area contributed by atoms with E-state index in [1.54, 1.807) is 0 Å². The molecule has 18 heavy (non-hydrogen) atoms. The standard InChI is InChI=1S/C17H20N/c1-5-14-12(2)18(3,4)17-15-9-7-6-8-13(15)10-11-16(14)17/h6-11H,5H2,1-4H3/q+1. The Morgan fingerprint density at radius 3 is 2.44 bits per heavy atom. The fraction of sp³-hybridized carbons (Fsp3) is 0.294. The van der Waals surface area contributed by atoms with E-state index >= 15 is 0 Å². The zero-order valence-corrected chi connectivity index (χ0v) is 11.6. The van der Waals surface area contributed by atoms with Gasteiger partial charge in [-0.25, -0.2) is 0 Å². The highest BCUT2D eigenvalue weighted by Gasteiger charge is 2.37. The largest absolute Gasteiger partial charge is 0.266 e. The average molecular weight is 238 g/mol. The number of rotatable bonds is 1. The molecule has 92 valence electrons. The molecular weight excluding hydrogens is 218 g/mol. The zero-order valence-electron chi connectivity index (χ0n) is 11.6. The van der Waals surface area contributed by atoms with Crippen LogP contribution in [-0.2, 0) is 0 Å². The fourth-order valence-corrected chi connectivity index (χ4v) is 3.25. The van der Waals surface area contributed by atoms with E-state index in [1.165, 1.54) is 33.3 Å². The molecule has 0 unspecified atom stereocenters. The summed E-state index contributed by atoms with van der Waals surface area (Å²) in [5.41, 5.74) is 5.89. The summed E-state index contributed by atoms with van der Waals surface area (Å²) in [5.74, 6) is 0. The quantitative estimate of drug-likeness (QED) is 0.639. The number of allylic oxidation sites excluding steroid dienone is 2. The van der Waals surface area contributed by atoms with Gasteiger partial charge < -0.3 is 0 Å². The number of quaternary nitrogens is 1. The number of fused-ring (bicyclic) bond motifs is 3. The van der Waals surface area contributed by atoms with Gasteiger partial charge in [0.2, 0.25) is 0 Å². The molecule has 0 saturated carbocycles. The van der Waals surface area contributed by atoms with Gasteiger partial charge in [0, 0.05) is 23.4 Å². The Labute approximate surface area is 109 Å². The third-order valence-corrected chi connectivity index (χ3v) is 4.41. The first-order valence-corrected chi connectivity index (χ1v) is 6.64. The summed E-state index contributed by atoms with van der Waals surface area (Å²) >= 11 is 0. The van der Waals surface area contributed by atoms with Crippen LogP contribution in [0.15, 0.2) is 42.1 Å². The molecule has 0 saturated heterocycles. The summed E-state index contributed by atoms with van der Waals surface area (Å²) < 4.78 is 0.889. The summed E-state index contributed by atoms with van der Waals surface area (Å²) in [6, 6.07) is 13.3. The lowest BCUT2D eigenvalue weighted by atomic mass is 9.99. The Bertz CT molecular complexity index is 662. The van der Waals surface area contributed by atoms with E-state index in [0.29, 0.717) is 0 Å². The highest BCUT2D eigenvalue weighted by Crippen LogP contribution is 2.47. The number of hydrogen-bond acceptors (Lipinski definition) is 0. The molecule has 0 aromatic heterocycles. The molecule has 0 bridgehead atoms. The third kappa shape index (κ3) is 1.31. The Hall–Kier alpha value is -1.60. The van der Waals surface area contributed by atoms with Crippen molar-refractivity contribution in [1.82, 2.24) is 4.48 Å². The SMILES string of the molecule is CCC1=C(C)[N+](C)(C)c2c1ccc1ccccc21. The van der Waals surface area contributed by atoms with Crippen molar-refractivity contribution in [3.63, 3.8) is 0 Å². The maximum Gasteiger partial charge on any atom is 0.152 e. The predicted octanol–water partition coefficient (Wildman–Crippen LogP) is 4.56. The van der Waals surface area contributed by atoms with E-state index in [9.17, 15) is 0 Å². The minimum absolute atomic E-state index is 0.889. The maximum absolute atomic E-state index is 2.30. The minimum atomic E-state index is 0.889. The Balaban J connectivity index is 2.43. The topological polar surface area (TPSA) is 0 Å². The average Bonchev–Trinajstić information content (AvgIpc) is 2.57. The predicted molar refractivity (Wildman–Crippen MR) is 80.5 cm³/mol. The smallest absolute Gasteiger partial charge is 0.152 e. The van der Waals surface area contributed by atoms with Crippen LogP contribution in [0.1, 0.15) is 25.8 Å². The maximum atomic E-state index is 2.30. The minimum Gasteiger partial charge on any atom is -0.266 e. The number of nitrogens with zero attached hydrogens (tertiary/aromatic N) is 1. The van der Waals surface area contributed by atoms with E-state index in [0.717, 1.165) is 10.9 Å². The van der Waals surface area contributed by atoms with Gasteiger partial charge in [-0.3, -0.25) is 4.48 Å². The lowest BCUT2D eigenvalue weighted by Gasteiger charge is -2.27. The van der Waals surface area contributed by atoms with Crippen molar-refractivity contribution >= 4 is 22.0 Å². The van der Waals surface area contributed by atoms with Gasteiger partial charge in [0.15, 0.2) is 5.69 Å². The molecule has 0 amide bonds. The second-order valence-electron chi connectivity index (χ2n) is 5.55. The Morgan fingerprint density at radius 1 is 1.00 bits per heavy atom. The highest BCUT2D eigenvalue weighted by atomic mass is 15.3. The first kappa shape index (κ1) is 11.5. The van der Waals surface area contributed by atoms with E-state index in [2.05, 4.69) is 64.3 Å². The van der Waals surface area contributed by atoms with E-state index < -0.39 is 0 Å². The molecule has 0 spiro atoms. The molecule has 1 nitrogen and oxygen atoms in total. The number of benzene rings is 2. The van der Waals surface area contributed by atoms with Crippen LogP contribution in [0, 0.1) is 0 Å². The molecule has 3 rings (SSSR count). The van der Waals surface area contributed by atoms with Gasteiger partial charge >= 0.3 is 0 Å². The normalized spacial score (nSPS) is 17.3. The lowest BCUT2D eigenvalue weighted by molar-refractivity contribution is 0.510. The molecule has 0 aliphatic carbocycles. The van der Waals surface area contributed by atoms with Crippen LogP contribution < -0.4 is 4.48 Å².